The quantitative estimate of drug-likeness (QED) is 0.310. The summed E-state index contributed by atoms with van der Waals surface area (Å²) in [4.78, 5) is 33.5. The van der Waals surface area contributed by atoms with Crippen LogP contribution in [-0.2, 0) is 9.47 Å². The zero-order valence-electron chi connectivity index (χ0n) is 23.4. The Kier molecular flexibility index (Phi) is 8.30. The lowest BCUT2D eigenvalue weighted by Crippen LogP contribution is -2.38. The number of nitrogens with zero attached hydrogens (tertiary/aromatic N) is 10. The second-order valence-corrected chi connectivity index (χ2v) is 10.2. The van der Waals surface area contributed by atoms with Gasteiger partial charge in [0.1, 0.15) is 5.69 Å². The van der Waals surface area contributed by atoms with Crippen LogP contribution in [0.25, 0.3) is 28.5 Å². The molecule has 6 rings (SSSR count). The van der Waals surface area contributed by atoms with Crippen LogP contribution >= 0.6 is 0 Å². The molecule has 13 nitrogen and oxygen atoms in total. The number of ether oxygens (including phenoxy) is 2. The largest absolute Gasteiger partial charge is 0.396 e. The van der Waals surface area contributed by atoms with Gasteiger partial charge >= 0.3 is 0 Å². The van der Waals surface area contributed by atoms with Crippen LogP contribution < -0.4 is 15.5 Å². The van der Waals surface area contributed by atoms with Gasteiger partial charge in [-0.25, -0.2) is 23.7 Å². The van der Waals surface area contributed by atoms with Crippen LogP contribution in [0.2, 0.25) is 0 Å². The van der Waals surface area contributed by atoms with Crippen molar-refractivity contribution in [3.63, 3.8) is 0 Å². The Bertz CT molecular complexity index is 1520. The molecule has 0 amide bonds. The van der Waals surface area contributed by atoms with Crippen molar-refractivity contribution in [2.24, 2.45) is 0 Å². The normalized spacial score (nSPS) is 16.4. The molecule has 3 aromatic heterocycles. The molecular weight excluding hydrogens is 548 g/mol. The van der Waals surface area contributed by atoms with E-state index in [1.54, 1.807) is 24.3 Å². The molecule has 1 aromatic carbocycles. The Morgan fingerprint density at radius 1 is 0.929 bits per heavy atom. The summed E-state index contributed by atoms with van der Waals surface area (Å²) in [5.74, 6) is 0.469. The van der Waals surface area contributed by atoms with Crippen LogP contribution in [0.15, 0.2) is 30.5 Å². The van der Waals surface area contributed by atoms with Crippen LogP contribution in [0.4, 0.5) is 26.4 Å². The molecule has 42 heavy (non-hydrogen) atoms. The Hall–Kier alpha value is -4.08. The number of morpholine rings is 2. The Labute approximate surface area is 241 Å². The monoisotopic (exact) mass is 581 g/mol. The third kappa shape index (κ3) is 5.93. The molecule has 0 spiro atoms. The molecular formula is C27H33F2N11O2. The number of aromatic nitrogens is 7. The van der Waals surface area contributed by atoms with Crippen molar-refractivity contribution in [1.82, 2.24) is 39.4 Å². The maximum absolute atomic E-state index is 14.2. The van der Waals surface area contributed by atoms with Crippen molar-refractivity contribution < 1.29 is 18.3 Å². The van der Waals surface area contributed by atoms with Gasteiger partial charge in [-0.3, -0.25) is 9.47 Å². The summed E-state index contributed by atoms with van der Waals surface area (Å²) in [7, 11) is 1.92. The highest BCUT2D eigenvalue weighted by molar-refractivity contribution is 5.78. The Morgan fingerprint density at radius 2 is 1.64 bits per heavy atom. The molecule has 0 radical (unpaired) electrons. The van der Waals surface area contributed by atoms with E-state index in [9.17, 15) is 8.78 Å². The average molecular weight is 582 g/mol. The highest BCUT2D eigenvalue weighted by Crippen LogP contribution is 2.29. The van der Waals surface area contributed by atoms with Crippen molar-refractivity contribution in [1.29, 1.82) is 0 Å². The summed E-state index contributed by atoms with van der Waals surface area (Å²) >= 11 is 0. The number of benzene rings is 1. The number of hydrogen-bond donors (Lipinski definition) is 1. The van der Waals surface area contributed by atoms with Crippen molar-refractivity contribution in [3.8, 4) is 17.5 Å². The van der Waals surface area contributed by atoms with Gasteiger partial charge in [-0.15, -0.1) is 0 Å². The molecule has 4 aromatic rings. The number of para-hydroxylation sites is 2. The average Bonchev–Trinajstić information content (AvgIpc) is 3.42. The van der Waals surface area contributed by atoms with Crippen molar-refractivity contribution in [3.05, 3.63) is 36.3 Å². The van der Waals surface area contributed by atoms with Crippen LogP contribution in [-0.4, -0.2) is 112 Å². The highest BCUT2D eigenvalue weighted by Gasteiger charge is 2.26. The third-order valence-electron chi connectivity index (χ3n) is 7.32. The summed E-state index contributed by atoms with van der Waals surface area (Å²) in [6.07, 6.45) is -0.419. The smallest absolute Gasteiger partial charge is 0.296 e. The van der Waals surface area contributed by atoms with Gasteiger partial charge in [-0.05, 0) is 18.6 Å². The van der Waals surface area contributed by atoms with Gasteiger partial charge in [0.2, 0.25) is 17.8 Å². The van der Waals surface area contributed by atoms with Crippen molar-refractivity contribution in [2.45, 2.75) is 12.8 Å². The number of fused-ring (bicyclic) bond motifs is 1. The number of halogens is 2. The van der Waals surface area contributed by atoms with E-state index >= 15 is 0 Å². The highest BCUT2D eigenvalue weighted by atomic mass is 19.3. The molecule has 2 N–H and O–H groups in total. The second-order valence-electron chi connectivity index (χ2n) is 10.2. The number of anilines is 3. The predicted molar refractivity (Wildman–Crippen MR) is 153 cm³/mol. The molecule has 15 heteroatoms. The lowest BCUT2D eigenvalue weighted by molar-refractivity contribution is 0.0377. The summed E-state index contributed by atoms with van der Waals surface area (Å²) < 4.78 is 40.6. The minimum atomic E-state index is -2.86. The van der Waals surface area contributed by atoms with Gasteiger partial charge in [-0.1, -0.05) is 12.1 Å². The van der Waals surface area contributed by atoms with E-state index in [1.807, 2.05) is 16.8 Å². The number of alkyl halides is 2. The maximum Gasteiger partial charge on any atom is 0.296 e. The van der Waals surface area contributed by atoms with Crippen molar-refractivity contribution >= 4 is 28.6 Å². The molecule has 0 bridgehead atoms. The molecule has 2 saturated heterocycles. The fourth-order valence-corrected chi connectivity index (χ4v) is 5.07. The molecule has 0 aliphatic carbocycles. The summed E-state index contributed by atoms with van der Waals surface area (Å²) in [5, 5.41) is 0. The number of rotatable bonds is 9. The third-order valence-corrected chi connectivity index (χ3v) is 7.32. The summed E-state index contributed by atoms with van der Waals surface area (Å²) in [5.41, 5.74) is 7.76. The Morgan fingerprint density at radius 3 is 2.40 bits per heavy atom. The molecule has 2 aliphatic heterocycles. The van der Waals surface area contributed by atoms with E-state index in [4.69, 9.17) is 25.2 Å². The molecule has 2 fully saturated rings. The van der Waals surface area contributed by atoms with Gasteiger partial charge in [0, 0.05) is 46.3 Å². The zero-order valence-corrected chi connectivity index (χ0v) is 23.4. The minimum Gasteiger partial charge on any atom is -0.396 e. The van der Waals surface area contributed by atoms with Crippen LogP contribution in [0.5, 0.6) is 0 Å². The van der Waals surface area contributed by atoms with Gasteiger partial charge in [0.15, 0.2) is 11.6 Å². The number of imidazole rings is 1. The topological polar surface area (TPSA) is 136 Å². The first-order valence-electron chi connectivity index (χ1n) is 14.0. The molecule has 0 unspecified atom stereocenters. The van der Waals surface area contributed by atoms with E-state index in [0.717, 1.165) is 45.8 Å². The first kappa shape index (κ1) is 28.1. The van der Waals surface area contributed by atoms with Gasteiger partial charge in [0.25, 0.3) is 6.43 Å². The van der Waals surface area contributed by atoms with E-state index in [1.165, 1.54) is 10.8 Å². The first-order chi connectivity index (χ1) is 20.5. The van der Waals surface area contributed by atoms with Crippen LogP contribution in [0.3, 0.4) is 0 Å². The standard InChI is InChI=1S/C27H33F2N11O2/c1-37(7-4-8-38-9-13-41-14-10-38)25-31-17-18(30)21(33-25)23-34-26(39-11-15-42-16-12-39)36-27(35-23)40-20-6-3-2-5-19(20)32-24(40)22(28)29/h2-3,5-6,17,22H,4,7-16,30H2,1H3. The van der Waals surface area contributed by atoms with Gasteiger partial charge in [0.05, 0.1) is 49.3 Å². The summed E-state index contributed by atoms with van der Waals surface area (Å²) in [6.45, 7) is 7.09. The second kappa shape index (κ2) is 12.4. The van der Waals surface area contributed by atoms with Gasteiger partial charge < -0.3 is 25.0 Å². The van der Waals surface area contributed by atoms with E-state index in [-0.39, 0.29) is 17.5 Å². The zero-order chi connectivity index (χ0) is 29.1. The summed E-state index contributed by atoms with van der Waals surface area (Å²) in [6, 6.07) is 6.87. The van der Waals surface area contributed by atoms with Crippen LogP contribution in [0.1, 0.15) is 18.7 Å². The number of nitrogen functional groups attached to an aromatic ring is 1. The van der Waals surface area contributed by atoms with E-state index < -0.39 is 12.2 Å². The first-order valence-corrected chi connectivity index (χ1v) is 14.0. The SMILES string of the molecule is CN(CCCN1CCOCC1)c1ncc(N)c(-c2nc(N3CCOCC3)nc(-n3c(C(F)F)nc4ccccc43)n2)n1. The maximum atomic E-state index is 14.2. The fourth-order valence-electron chi connectivity index (χ4n) is 5.07. The molecule has 0 saturated carbocycles. The number of nitrogens with two attached hydrogens (primary N) is 1. The van der Waals surface area contributed by atoms with E-state index in [0.29, 0.717) is 54.9 Å². The number of hydrogen-bond acceptors (Lipinski definition) is 12. The van der Waals surface area contributed by atoms with Gasteiger partial charge in [-0.2, -0.15) is 15.0 Å². The fraction of sp³-hybridized carbons (Fsp3) is 0.481. The minimum absolute atomic E-state index is 0.00363. The lowest BCUT2D eigenvalue weighted by atomic mass is 10.3. The molecule has 2 aliphatic rings. The van der Waals surface area contributed by atoms with Crippen molar-refractivity contribution in [2.75, 3.05) is 88.3 Å². The molecule has 5 heterocycles. The van der Waals surface area contributed by atoms with E-state index in [2.05, 4.69) is 24.8 Å². The Balaban J connectivity index is 1.37. The molecule has 0 atom stereocenters. The van der Waals surface area contributed by atoms with Crippen LogP contribution in [0, 0.1) is 0 Å². The molecule has 222 valence electrons. The lowest BCUT2D eigenvalue weighted by Gasteiger charge is -2.27. The predicted octanol–water partition coefficient (Wildman–Crippen LogP) is 2.18.